The van der Waals surface area contributed by atoms with Gasteiger partial charge in [0.1, 0.15) is 17.3 Å². The summed E-state index contributed by atoms with van der Waals surface area (Å²) < 4.78 is 48.2. The zero-order valence-corrected chi connectivity index (χ0v) is 52.8. The van der Waals surface area contributed by atoms with Crippen molar-refractivity contribution in [1.82, 2.24) is 19.9 Å². The minimum absolute atomic E-state index is 0. The molecule has 0 unspecified atom stereocenters. The number of carbonyl (C=O) groups is 2. The largest absolute Gasteiger partial charge is 0.497 e. The fraction of sp³-hybridized carbons (Fsp3) is 0.134. The molecule has 0 saturated heterocycles. The van der Waals surface area contributed by atoms with E-state index in [1.54, 1.807) is 50.6 Å². The van der Waals surface area contributed by atoms with Crippen molar-refractivity contribution < 1.29 is 82.8 Å². The predicted molar refractivity (Wildman–Crippen MR) is 351 cm³/mol. The first kappa shape index (κ1) is 77.2. The number of methoxy groups -OCH3 is 2. The zero-order chi connectivity index (χ0) is 66.4. The van der Waals surface area contributed by atoms with E-state index in [4.69, 9.17) is 50.0 Å². The molecule has 0 bridgehead atoms. The molecular formula is C67H65BBrF3N8O12Pd. The number of carboxylic acids is 2. The third-order valence-electron chi connectivity index (χ3n) is 12.5. The molecule has 26 heteroatoms. The number of para-hydroxylation sites is 2. The summed E-state index contributed by atoms with van der Waals surface area (Å²) in [6.07, 6.45) is 4.02. The van der Waals surface area contributed by atoms with E-state index < -0.39 is 46.7 Å². The molecule has 7 N–H and O–H groups in total. The van der Waals surface area contributed by atoms with E-state index in [0.717, 1.165) is 85.3 Å². The van der Waals surface area contributed by atoms with Crippen molar-refractivity contribution in [1.29, 1.82) is 0 Å². The number of nitrogens with one attached hydrogen (secondary N) is 1. The molecule has 0 spiro atoms. The summed E-state index contributed by atoms with van der Waals surface area (Å²) in [4.78, 5) is 53.4. The molecule has 0 radical (unpaired) electrons. The van der Waals surface area contributed by atoms with Crippen molar-refractivity contribution in [2.45, 2.75) is 47.2 Å². The number of aliphatic carboxylic acids is 2. The minimum Gasteiger partial charge on any atom is -0.497 e. The number of hydrogen-bond donors (Lipinski definition) is 6. The molecule has 20 nitrogen and oxygen atoms in total. The molecular weight excluding hydrogens is 1360 g/mol. The van der Waals surface area contributed by atoms with Gasteiger partial charge in [0.15, 0.2) is 0 Å². The predicted octanol–water partition coefficient (Wildman–Crippen LogP) is 13.1. The number of ether oxygens (including phenoxy) is 2. The third-order valence-corrected chi connectivity index (χ3v) is 13.2. The Kier molecular flexibility index (Phi) is 33.1. The standard InChI is InChI=1S/C20H18N2O.C12H8FN.C11H7FN2O2.C8H11NO.C6H4BrNO2.C5H5BFNO2.2C2H4O2.CH4.Pd/c1-23-16-8-6-14(7-9-16)13-21-20-11-10-18-17-5-3-2-4-15(17)12-19(18)22-20;13-12-6-5-10-9-4-2-1-3-8(9)7-11(10)14-12;12-11-6-5-8(7-13-11)9-3-1-2-4-10(9)14(15)16;1-10-8-4-2-7(6-9)3-5-8;7-5-3-1-2-4-6(5)8(9)10;7-5-2-1-4(3-8-5)6(9)10;2*1-2(3)4;;/h2-11H,12-13H2,1H3,(H,21,22);1-6H,7H2;1-7H;2-5H,6,9H2,1H3;1-4H;1-3,9-10H;2*1H3,(H,3,4);1H4;. The molecule has 2 aliphatic rings. The Hall–Kier alpha value is -10.1. The molecule has 0 fully saturated rings. The number of nitro benzene ring substituents is 2. The molecule has 12 rings (SSSR count). The van der Waals surface area contributed by atoms with Gasteiger partial charge in [-0.05, 0) is 128 Å². The number of anilines is 1. The smallest absolute Gasteiger partial charge is 0.490 e. The first-order chi connectivity index (χ1) is 43.6. The van der Waals surface area contributed by atoms with E-state index in [-0.39, 0.29) is 44.7 Å². The van der Waals surface area contributed by atoms with Gasteiger partial charge in [0.2, 0.25) is 17.8 Å². The van der Waals surface area contributed by atoms with Gasteiger partial charge in [0.05, 0.1) is 45.5 Å². The zero-order valence-electron chi connectivity index (χ0n) is 49.7. The average molecular weight is 1430 g/mol. The molecule has 0 amide bonds. The summed E-state index contributed by atoms with van der Waals surface area (Å²) in [5, 5.41) is 56.2. The Morgan fingerprint density at radius 2 is 1.00 bits per heavy atom. The molecule has 4 heterocycles. The number of aromatic nitrogens is 4. The molecule has 93 heavy (non-hydrogen) atoms. The molecule has 486 valence electrons. The van der Waals surface area contributed by atoms with Gasteiger partial charge in [-0.3, -0.25) is 29.8 Å². The number of nitrogens with two attached hydrogens (primary N) is 1. The third kappa shape index (κ3) is 25.6. The van der Waals surface area contributed by atoms with Crippen molar-refractivity contribution in [2.75, 3.05) is 19.5 Å². The summed E-state index contributed by atoms with van der Waals surface area (Å²) in [5.41, 5.74) is 18.4. The Morgan fingerprint density at radius 1 is 0.570 bits per heavy atom. The number of hydrogen-bond acceptors (Lipinski definition) is 16. The quantitative estimate of drug-likeness (QED) is 0.0321. The number of nitro groups is 2. The van der Waals surface area contributed by atoms with Crippen LogP contribution < -0.4 is 26.0 Å². The Morgan fingerprint density at radius 3 is 1.44 bits per heavy atom. The number of pyridine rings is 4. The fourth-order valence-electron chi connectivity index (χ4n) is 8.32. The number of fused-ring (bicyclic) bond motifs is 6. The van der Waals surface area contributed by atoms with Gasteiger partial charge in [0, 0.05) is 107 Å². The number of benzene rings is 6. The van der Waals surface area contributed by atoms with Gasteiger partial charge in [0.25, 0.3) is 23.3 Å². The Balaban J connectivity index is 0.000000291. The van der Waals surface area contributed by atoms with E-state index in [1.165, 1.54) is 76.0 Å². The summed E-state index contributed by atoms with van der Waals surface area (Å²) in [5.74, 6) is -0.630. The van der Waals surface area contributed by atoms with E-state index >= 15 is 0 Å². The monoisotopic (exact) mass is 1430 g/mol. The first-order valence-corrected chi connectivity index (χ1v) is 28.0. The molecule has 10 aromatic rings. The molecule has 2 aliphatic carbocycles. The maximum absolute atomic E-state index is 12.9. The van der Waals surface area contributed by atoms with Gasteiger partial charge in [-0.2, -0.15) is 13.2 Å². The number of halogens is 4. The van der Waals surface area contributed by atoms with Crippen LogP contribution in [0.4, 0.5) is 30.4 Å². The second kappa shape index (κ2) is 39.9. The van der Waals surface area contributed by atoms with Gasteiger partial charge < -0.3 is 40.8 Å². The van der Waals surface area contributed by atoms with Gasteiger partial charge in [-0.25, -0.2) is 19.9 Å². The minimum atomic E-state index is -1.58. The van der Waals surface area contributed by atoms with Crippen LogP contribution in [0.15, 0.2) is 211 Å². The van der Waals surface area contributed by atoms with Crippen molar-refractivity contribution >= 4 is 57.6 Å². The van der Waals surface area contributed by atoms with Gasteiger partial charge >= 0.3 is 7.12 Å². The van der Waals surface area contributed by atoms with Crippen molar-refractivity contribution in [3.63, 3.8) is 0 Å². The molecule has 0 saturated carbocycles. The van der Waals surface area contributed by atoms with Gasteiger partial charge in [-0.1, -0.05) is 111 Å². The maximum Gasteiger partial charge on any atom is 0.490 e. The van der Waals surface area contributed by atoms with Crippen LogP contribution in [0.5, 0.6) is 11.5 Å². The number of carboxylic acid groups (broad SMARTS) is 2. The van der Waals surface area contributed by atoms with E-state index in [9.17, 15) is 33.4 Å². The van der Waals surface area contributed by atoms with Gasteiger partial charge in [-0.15, -0.1) is 0 Å². The summed E-state index contributed by atoms with van der Waals surface area (Å²) in [6.45, 7) is 3.51. The van der Waals surface area contributed by atoms with Crippen LogP contribution in [0, 0.1) is 38.1 Å². The van der Waals surface area contributed by atoms with E-state index in [1.807, 2.05) is 54.6 Å². The fourth-order valence-corrected chi connectivity index (χ4v) is 8.75. The second-order valence-electron chi connectivity index (χ2n) is 18.9. The molecule has 4 aromatic heterocycles. The number of nitrogens with zero attached hydrogens (tertiary/aromatic N) is 6. The van der Waals surface area contributed by atoms with E-state index in [0.29, 0.717) is 22.1 Å². The van der Waals surface area contributed by atoms with Crippen LogP contribution in [-0.2, 0) is 55.9 Å². The topological polar surface area (TPSA) is 309 Å². The van der Waals surface area contributed by atoms with Crippen LogP contribution >= 0.6 is 15.9 Å². The molecule has 0 atom stereocenters. The van der Waals surface area contributed by atoms with Crippen LogP contribution in [0.1, 0.15) is 54.9 Å². The summed E-state index contributed by atoms with van der Waals surface area (Å²) in [6, 6.07) is 57.6. The van der Waals surface area contributed by atoms with E-state index in [2.05, 4.69) is 96.9 Å². The Bertz CT molecular complexity index is 3960. The van der Waals surface area contributed by atoms with Crippen LogP contribution in [0.25, 0.3) is 33.4 Å². The SMILES string of the molecule is C.CC(=O)O.CC(=O)O.COc1ccc(CN)cc1.COc1ccc(CNc2ccc3c(n2)Cc2ccccc2-3)cc1.Fc1ccc2c(n1)Cc1ccccc1-2.O=[N+]([O-])c1ccccc1-c1ccc(F)nc1.O=[N+]([O-])c1ccccc1Br.OB(O)c1ccc(F)nc1.[Pd]. The van der Waals surface area contributed by atoms with Crippen LogP contribution in [0.2, 0.25) is 0 Å². The van der Waals surface area contributed by atoms with Crippen LogP contribution in [-0.4, -0.2) is 83.3 Å². The van der Waals surface area contributed by atoms with Crippen molar-refractivity contribution in [3.8, 4) is 44.9 Å². The summed E-state index contributed by atoms with van der Waals surface area (Å²) in [7, 11) is 1.75. The maximum atomic E-state index is 12.9. The Labute approximate surface area is 557 Å². The second-order valence-corrected chi connectivity index (χ2v) is 19.8. The first-order valence-electron chi connectivity index (χ1n) is 27.2. The molecule has 0 aliphatic heterocycles. The average Bonchev–Trinajstić information content (AvgIpc) is 1.70. The molecule has 6 aromatic carbocycles. The normalized spacial score (nSPS) is 10.1. The summed E-state index contributed by atoms with van der Waals surface area (Å²) >= 11 is 3.06. The van der Waals surface area contributed by atoms with Crippen LogP contribution in [0.3, 0.4) is 0 Å². The number of rotatable bonds is 10. The van der Waals surface area contributed by atoms with Crippen molar-refractivity contribution in [3.05, 3.63) is 283 Å². The van der Waals surface area contributed by atoms with Crippen molar-refractivity contribution in [2.24, 2.45) is 5.73 Å².